The standard InChI is InChI=1S/C25H19Cl2N3O3/c26-20-7-5-17(9-21(20)27)13-30-14-18(19-3-1-2-4-22(19)30)12-28-29-25(31)11-16-6-8-23-24(10-16)33-15-32-23/h1-10,12,14H,11,13,15H2,(H,29,31)/b28-12-. The molecule has 1 aliphatic heterocycles. The highest BCUT2D eigenvalue weighted by molar-refractivity contribution is 6.42. The van der Waals surface area contributed by atoms with Gasteiger partial charge in [0.2, 0.25) is 12.7 Å². The third-order valence-corrected chi connectivity index (χ3v) is 6.09. The van der Waals surface area contributed by atoms with E-state index in [2.05, 4.69) is 15.1 Å². The number of benzene rings is 3. The van der Waals surface area contributed by atoms with Crippen molar-refractivity contribution >= 4 is 46.2 Å². The monoisotopic (exact) mass is 479 g/mol. The molecule has 1 aromatic heterocycles. The third-order valence-electron chi connectivity index (χ3n) is 5.35. The molecule has 0 fully saturated rings. The van der Waals surface area contributed by atoms with Crippen LogP contribution in [0.1, 0.15) is 16.7 Å². The summed E-state index contributed by atoms with van der Waals surface area (Å²) >= 11 is 12.2. The number of para-hydroxylation sites is 1. The second-order valence-electron chi connectivity index (χ2n) is 7.64. The molecule has 6 nitrogen and oxygen atoms in total. The Labute approximate surface area is 200 Å². The molecule has 8 heteroatoms. The van der Waals surface area contributed by atoms with Gasteiger partial charge in [-0.3, -0.25) is 4.79 Å². The summed E-state index contributed by atoms with van der Waals surface area (Å²) in [6.45, 7) is 0.829. The average Bonchev–Trinajstić information content (AvgIpc) is 3.41. The van der Waals surface area contributed by atoms with Crippen molar-refractivity contribution < 1.29 is 14.3 Å². The fraction of sp³-hybridized carbons (Fsp3) is 0.120. The Morgan fingerprint density at radius 2 is 1.82 bits per heavy atom. The lowest BCUT2D eigenvalue weighted by molar-refractivity contribution is -0.120. The zero-order valence-electron chi connectivity index (χ0n) is 17.4. The number of carbonyl (C=O) groups excluding carboxylic acids is 1. The molecule has 166 valence electrons. The average molecular weight is 480 g/mol. The lowest BCUT2D eigenvalue weighted by atomic mass is 10.1. The van der Waals surface area contributed by atoms with Crippen LogP contribution in [0.2, 0.25) is 10.0 Å². The Hall–Kier alpha value is -3.48. The maximum absolute atomic E-state index is 12.3. The molecule has 5 rings (SSSR count). The van der Waals surface area contributed by atoms with Gasteiger partial charge in [0.25, 0.3) is 0 Å². The molecule has 0 unspecified atom stereocenters. The predicted molar refractivity (Wildman–Crippen MR) is 130 cm³/mol. The lowest BCUT2D eigenvalue weighted by Crippen LogP contribution is -2.19. The minimum absolute atomic E-state index is 0.188. The highest BCUT2D eigenvalue weighted by atomic mass is 35.5. The smallest absolute Gasteiger partial charge is 0.244 e. The van der Waals surface area contributed by atoms with Gasteiger partial charge in [-0.1, -0.05) is 53.5 Å². The number of ether oxygens (including phenoxy) is 2. The van der Waals surface area contributed by atoms with Crippen molar-refractivity contribution in [3.05, 3.63) is 93.6 Å². The Morgan fingerprint density at radius 1 is 1.00 bits per heavy atom. The van der Waals surface area contributed by atoms with Crippen molar-refractivity contribution in [3.63, 3.8) is 0 Å². The summed E-state index contributed by atoms with van der Waals surface area (Å²) in [5.74, 6) is 1.12. The predicted octanol–water partition coefficient (Wildman–Crippen LogP) is 5.42. The second kappa shape index (κ2) is 9.17. The summed E-state index contributed by atoms with van der Waals surface area (Å²) in [5.41, 5.74) is 6.41. The van der Waals surface area contributed by atoms with E-state index in [9.17, 15) is 4.79 Å². The zero-order valence-corrected chi connectivity index (χ0v) is 18.9. The van der Waals surface area contributed by atoms with Crippen LogP contribution < -0.4 is 14.9 Å². The topological polar surface area (TPSA) is 64.8 Å². The van der Waals surface area contributed by atoms with Crippen LogP contribution in [0.3, 0.4) is 0 Å². The number of aromatic nitrogens is 1. The van der Waals surface area contributed by atoms with E-state index in [1.54, 1.807) is 18.3 Å². The largest absolute Gasteiger partial charge is 0.454 e. The van der Waals surface area contributed by atoms with Crippen molar-refractivity contribution in [2.24, 2.45) is 5.10 Å². The van der Waals surface area contributed by atoms with Crippen molar-refractivity contribution in [1.82, 2.24) is 9.99 Å². The van der Waals surface area contributed by atoms with Crippen molar-refractivity contribution in [1.29, 1.82) is 0 Å². The molecular formula is C25H19Cl2N3O3. The van der Waals surface area contributed by atoms with Gasteiger partial charge >= 0.3 is 0 Å². The molecule has 0 atom stereocenters. The molecule has 0 saturated carbocycles. The maximum atomic E-state index is 12.3. The van der Waals surface area contributed by atoms with E-state index >= 15 is 0 Å². The van der Waals surface area contributed by atoms with Crippen LogP contribution >= 0.6 is 23.2 Å². The molecule has 1 aliphatic rings. The molecule has 0 aliphatic carbocycles. The summed E-state index contributed by atoms with van der Waals surface area (Å²) in [6.07, 6.45) is 3.85. The summed E-state index contributed by atoms with van der Waals surface area (Å²) in [7, 11) is 0. The number of hydrogen-bond acceptors (Lipinski definition) is 4. The van der Waals surface area contributed by atoms with E-state index in [1.807, 2.05) is 54.7 Å². The molecule has 1 N–H and O–H groups in total. The molecule has 0 bridgehead atoms. The quantitative estimate of drug-likeness (QED) is 0.296. The van der Waals surface area contributed by atoms with Gasteiger partial charge in [0.05, 0.1) is 22.7 Å². The van der Waals surface area contributed by atoms with Gasteiger partial charge in [0.15, 0.2) is 11.5 Å². The fourth-order valence-corrected chi connectivity index (χ4v) is 4.11. The van der Waals surface area contributed by atoms with Crippen LogP contribution in [0, 0.1) is 0 Å². The van der Waals surface area contributed by atoms with Crippen LogP contribution in [-0.4, -0.2) is 23.5 Å². The Morgan fingerprint density at radius 3 is 2.70 bits per heavy atom. The van der Waals surface area contributed by atoms with Gasteiger partial charge in [0, 0.05) is 29.2 Å². The summed E-state index contributed by atoms with van der Waals surface area (Å²) in [4.78, 5) is 12.3. The van der Waals surface area contributed by atoms with Gasteiger partial charge in [-0.15, -0.1) is 0 Å². The number of carbonyl (C=O) groups is 1. The van der Waals surface area contributed by atoms with Crippen LogP contribution in [0.15, 0.2) is 72.0 Å². The number of halogens is 2. The van der Waals surface area contributed by atoms with Gasteiger partial charge in [-0.2, -0.15) is 5.10 Å². The summed E-state index contributed by atoms with van der Waals surface area (Å²) in [6, 6.07) is 19.1. The maximum Gasteiger partial charge on any atom is 0.244 e. The van der Waals surface area contributed by atoms with E-state index in [0.717, 1.165) is 27.6 Å². The lowest BCUT2D eigenvalue weighted by Gasteiger charge is -2.06. The molecule has 4 aromatic rings. The number of nitrogens with one attached hydrogen (secondary N) is 1. The van der Waals surface area contributed by atoms with E-state index in [1.165, 1.54) is 0 Å². The minimum atomic E-state index is -0.218. The normalized spacial score (nSPS) is 12.5. The van der Waals surface area contributed by atoms with E-state index in [-0.39, 0.29) is 19.1 Å². The van der Waals surface area contributed by atoms with Gasteiger partial charge in [-0.25, -0.2) is 5.43 Å². The highest BCUT2D eigenvalue weighted by Crippen LogP contribution is 2.32. The van der Waals surface area contributed by atoms with Crippen molar-refractivity contribution in [3.8, 4) is 11.5 Å². The van der Waals surface area contributed by atoms with E-state index in [4.69, 9.17) is 32.7 Å². The summed E-state index contributed by atoms with van der Waals surface area (Å²) in [5, 5.41) is 6.26. The van der Waals surface area contributed by atoms with E-state index in [0.29, 0.717) is 28.1 Å². The Bertz CT molecular complexity index is 1380. The number of hydrazone groups is 1. The minimum Gasteiger partial charge on any atom is -0.454 e. The Kier molecular flexibility index (Phi) is 5.94. The first-order valence-electron chi connectivity index (χ1n) is 10.3. The molecular weight excluding hydrogens is 461 g/mol. The molecule has 33 heavy (non-hydrogen) atoms. The third kappa shape index (κ3) is 4.67. The van der Waals surface area contributed by atoms with Gasteiger partial charge in [0.1, 0.15) is 0 Å². The first kappa shape index (κ1) is 21.4. The van der Waals surface area contributed by atoms with Crippen molar-refractivity contribution in [2.45, 2.75) is 13.0 Å². The molecule has 0 saturated heterocycles. The summed E-state index contributed by atoms with van der Waals surface area (Å²) < 4.78 is 12.8. The molecule has 3 aromatic carbocycles. The highest BCUT2D eigenvalue weighted by Gasteiger charge is 2.14. The van der Waals surface area contributed by atoms with Gasteiger partial charge in [-0.05, 0) is 41.5 Å². The second-order valence-corrected chi connectivity index (χ2v) is 8.45. The number of hydrogen-bond donors (Lipinski definition) is 1. The van der Waals surface area contributed by atoms with Crippen molar-refractivity contribution in [2.75, 3.05) is 6.79 Å². The van der Waals surface area contributed by atoms with E-state index < -0.39 is 0 Å². The molecule has 0 radical (unpaired) electrons. The van der Waals surface area contributed by atoms with Gasteiger partial charge < -0.3 is 14.0 Å². The Balaban J connectivity index is 1.30. The number of amides is 1. The first-order valence-corrected chi connectivity index (χ1v) is 11.0. The van der Waals surface area contributed by atoms with Crippen LogP contribution in [0.25, 0.3) is 10.9 Å². The SMILES string of the molecule is O=C(Cc1ccc2c(c1)OCO2)N/N=C\c1cn(Cc2ccc(Cl)c(Cl)c2)c2ccccc12. The van der Waals surface area contributed by atoms with Crippen LogP contribution in [0.4, 0.5) is 0 Å². The van der Waals surface area contributed by atoms with Crippen LogP contribution in [0.5, 0.6) is 11.5 Å². The zero-order chi connectivity index (χ0) is 22.8. The molecule has 1 amide bonds. The number of nitrogens with zero attached hydrogens (tertiary/aromatic N) is 2. The molecule has 2 heterocycles. The number of rotatable bonds is 6. The van der Waals surface area contributed by atoms with Crippen LogP contribution in [-0.2, 0) is 17.8 Å². The fourth-order valence-electron chi connectivity index (χ4n) is 3.79. The number of fused-ring (bicyclic) bond motifs is 2. The molecule has 0 spiro atoms. The first-order chi connectivity index (χ1) is 16.1.